The van der Waals surface area contributed by atoms with E-state index in [4.69, 9.17) is 9.15 Å². The van der Waals surface area contributed by atoms with Crippen molar-refractivity contribution in [2.24, 2.45) is 0 Å². The highest BCUT2D eigenvalue weighted by atomic mass is 16.5. The number of para-hydroxylation sites is 2. The van der Waals surface area contributed by atoms with E-state index in [-0.39, 0.29) is 24.8 Å². The monoisotopic (exact) mass is 349 g/mol. The molecule has 1 heterocycles. The summed E-state index contributed by atoms with van der Waals surface area (Å²) in [5.41, 5.74) is 1.24. The zero-order chi connectivity index (χ0) is 18.2. The number of oxazole rings is 1. The Morgan fingerprint density at radius 2 is 2.08 bits per heavy atom. The first-order valence-corrected chi connectivity index (χ1v) is 8.11. The Labute approximate surface area is 145 Å². The molecule has 8 nitrogen and oxygen atoms in total. The number of hydrogen-bond acceptors (Lipinski definition) is 5. The summed E-state index contributed by atoms with van der Waals surface area (Å²) in [6.45, 7) is 1.22. The van der Waals surface area contributed by atoms with Crippen LogP contribution in [0.1, 0.15) is 12.8 Å². The average Bonchev–Trinajstić information content (AvgIpc) is 2.90. The van der Waals surface area contributed by atoms with Gasteiger partial charge in [0, 0.05) is 33.7 Å². The van der Waals surface area contributed by atoms with Gasteiger partial charge in [0.2, 0.25) is 11.8 Å². The van der Waals surface area contributed by atoms with Crippen LogP contribution in [0.2, 0.25) is 0 Å². The molecule has 0 bridgehead atoms. The summed E-state index contributed by atoms with van der Waals surface area (Å²) in [6, 6.07) is 7.16. The minimum absolute atomic E-state index is 0.00284. The summed E-state index contributed by atoms with van der Waals surface area (Å²) in [6.07, 6.45) is 0.728. The van der Waals surface area contributed by atoms with Crippen LogP contribution < -0.4 is 11.1 Å². The second-order valence-corrected chi connectivity index (χ2v) is 5.68. The Hall–Kier alpha value is -2.61. The number of hydrogen-bond donors (Lipinski definition) is 1. The average molecular weight is 349 g/mol. The van der Waals surface area contributed by atoms with Crippen molar-refractivity contribution in [1.82, 2.24) is 14.8 Å². The van der Waals surface area contributed by atoms with E-state index in [2.05, 4.69) is 5.32 Å². The summed E-state index contributed by atoms with van der Waals surface area (Å²) >= 11 is 0. The molecule has 8 heteroatoms. The van der Waals surface area contributed by atoms with E-state index >= 15 is 0 Å². The molecule has 0 spiro atoms. The first-order chi connectivity index (χ1) is 12.0. The number of rotatable bonds is 9. The van der Waals surface area contributed by atoms with Gasteiger partial charge in [0.05, 0.1) is 18.7 Å². The lowest BCUT2D eigenvalue weighted by molar-refractivity contribution is -0.134. The molecule has 0 aliphatic rings. The van der Waals surface area contributed by atoms with Crippen LogP contribution in [-0.4, -0.2) is 55.1 Å². The number of aryl methyl sites for hydroxylation is 1. The lowest BCUT2D eigenvalue weighted by Crippen LogP contribution is -2.39. The van der Waals surface area contributed by atoms with Gasteiger partial charge in [-0.05, 0) is 18.6 Å². The van der Waals surface area contributed by atoms with Crippen molar-refractivity contribution in [3.8, 4) is 0 Å². The molecule has 1 aromatic heterocycles. The number of carbonyl (C=O) groups excluding carboxylic acids is 2. The maximum Gasteiger partial charge on any atom is 0.419 e. The standard InChI is InChI=1S/C17H23N3O5/c1-19(12-15(21)18-9-11-24-2)16(22)8-5-10-20-13-6-3-4-7-14(13)25-17(20)23/h3-4,6-7H,5,8-12H2,1-2H3,(H,18,21). The summed E-state index contributed by atoms with van der Waals surface area (Å²) in [4.78, 5) is 37.0. The molecule has 2 amide bonds. The number of nitrogens with one attached hydrogen (secondary N) is 1. The highest BCUT2D eigenvalue weighted by Crippen LogP contribution is 2.12. The molecule has 0 atom stereocenters. The Bertz CT molecular complexity index is 780. The number of nitrogens with zero attached hydrogens (tertiary/aromatic N) is 2. The lowest BCUT2D eigenvalue weighted by atomic mass is 10.2. The molecule has 1 aromatic carbocycles. The first kappa shape index (κ1) is 18.7. The number of methoxy groups -OCH3 is 1. The third-order valence-electron chi connectivity index (χ3n) is 3.78. The van der Waals surface area contributed by atoms with Gasteiger partial charge in [-0.3, -0.25) is 14.2 Å². The Morgan fingerprint density at radius 1 is 1.32 bits per heavy atom. The smallest absolute Gasteiger partial charge is 0.408 e. The predicted molar refractivity (Wildman–Crippen MR) is 92.2 cm³/mol. The number of aromatic nitrogens is 1. The minimum Gasteiger partial charge on any atom is -0.408 e. The van der Waals surface area contributed by atoms with Crippen LogP contribution in [0.15, 0.2) is 33.5 Å². The van der Waals surface area contributed by atoms with Crippen molar-refractivity contribution < 1.29 is 18.7 Å². The van der Waals surface area contributed by atoms with Crippen molar-refractivity contribution in [3.63, 3.8) is 0 Å². The van der Waals surface area contributed by atoms with Crippen molar-refractivity contribution in [1.29, 1.82) is 0 Å². The SMILES string of the molecule is COCCNC(=O)CN(C)C(=O)CCCn1c(=O)oc2ccccc21. The number of benzene rings is 1. The third-order valence-corrected chi connectivity index (χ3v) is 3.78. The maximum absolute atomic E-state index is 12.1. The molecule has 25 heavy (non-hydrogen) atoms. The number of ether oxygens (including phenoxy) is 1. The Kier molecular flexibility index (Phi) is 6.76. The molecule has 0 unspecified atom stereocenters. The van der Waals surface area contributed by atoms with E-state index in [1.165, 1.54) is 9.47 Å². The molecule has 1 N–H and O–H groups in total. The highest BCUT2D eigenvalue weighted by molar-refractivity contribution is 5.84. The van der Waals surface area contributed by atoms with Crippen LogP contribution in [0.5, 0.6) is 0 Å². The molecule has 0 saturated heterocycles. The van der Waals surface area contributed by atoms with Gasteiger partial charge in [0.25, 0.3) is 0 Å². The lowest BCUT2D eigenvalue weighted by Gasteiger charge is -2.16. The number of carbonyl (C=O) groups is 2. The fraction of sp³-hybridized carbons (Fsp3) is 0.471. The zero-order valence-electron chi connectivity index (χ0n) is 14.5. The summed E-state index contributed by atoms with van der Waals surface area (Å²) < 4.78 is 11.5. The summed E-state index contributed by atoms with van der Waals surface area (Å²) in [7, 11) is 3.13. The normalized spacial score (nSPS) is 10.8. The molecule has 0 saturated carbocycles. The quantitative estimate of drug-likeness (QED) is 0.669. The molecule has 2 aromatic rings. The zero-order valence-corrected chi connectivity index (χ0v) is 14.5. The Morgan fingerprint density at radius 3 is 2.84 bits per heavy atom. The highest BCUT2D eigenvalue weighted by Gasteiger charge is 2.14. The molecule has 2 rings (SSSR count). The van der Waals surface area contributed by atoms with E-state index in [0.717, 1.165) is 0 Å². The third kappa shape index (κ3) is 5.18. The van der Waals surface area contributed by atoms with Crippen molar-refractivity contribution >= 4 is 22.9 Å². The first-order valence-electron chi connectivity index (χ1n) is 8.11. The summed E-state index contributed by atoms with van der Waals surface area (Å²) in [5.74, 6) is -0.813. The molecule has 0 fully saturated rings. The molecular formula is C17H23N3O5. The van der Waals surface area contributed by atoms with Gasteiger partial charge in [-0.15, -0.1) is 0 Å². The van der Waals surface area contributed by atoms with Crippen LogP contribution in [0, 0.1) is 0 Å². The van der Waals surface area contributed by atoms with Gasteiger partial charge < -0.3 is 19.4 Å². The molecule has 0 aliphatic heterocycles. The number of likely N-dealkylation sites (N-methyl/N-ethyl adjacent to an activating group) is 1. The molecule has 136 valence electrons. The molecule has 0 radical (unpaired) electrons. The van der Waals surface area contributed by atoms with E-state index < -0.39 is 5.76 Å². The van der Waals surface area contributed by atoms with Crippen molar-refractivity contribution in [2.75, 3.05) is 33.9 Å². The molecular weight excluding hydrogens is 326 g/mol. The fourth-order valence-electron chi connectivity index (χ4n) is 2.46. The topological polar surface area (TPSA) is 93.8 Å². The fourth-order valence-corrected chi connectivity index (χ4v) is 2.46. The number of amides is 2. The van der Waals surface area contributed by atoms with E-state index in [1.54, 1.807) is 32.4 Å². The van der Waals surface area contributed by atoms with Crippen LogP contribution in [-0.2, 0) is 20.9 Å². The van der Waals surface area contributed by atoms with Gasteiger partial charge in [-0.1, -0.05) is 12.1 Å². The van der Waals surface area contributed by atoms with Gasteiger partial charge in [-0.25, -0.2) is 4.79 Å². The number of fused-ring (bicyclic) bond motifs is 1. The van der Waals surface area contributed by atoms with E-state index in [0.29, 0.717) is 37.2 Å². The van der Waals surface area contributed by atoms with Gasteiger partial charge in [-0.2, -0.15) is 0 Å². The van der Waals surface area contributed by atoms with Gasteiger partial charge >= 0.3 is 5.76 Å². The van der Waals surface area contributed by atoms with Crippen LogP contribution >= 0.6 is 0 Å². The van der Waals surface area contributed by atoms with Crippen LogP contribution in [0.25, 0.3) is 11.1 Å². The van der Waals surface area contributed by atoms with Crippen LogP contribution in [0.3, 0.4) is 0 Å². The minimum atomic E-state index is -0.431. The van der Waals surface area contributed by atoms with Crippen molar-refractivity contribution in [2.45, 2.75) is 19.4 Å². The summed E-state index contributed by atoms with van der Waals surface area (Å²) in [5, 5.41) is 2.66. The Balaban J connectivity index is 1.80. The predicted octanol–water partition coefficient (Wildman–Crippen LogP) is 0.596. The second kappa shape index (κ2) is 9.03. The molecule has 0 aliphatic carbocycles. The maximum atomic E-state index is 12.1. The van der Waals surface area contributed by atoms with E-state index in [1.807, 2.05) is 6.07 Å². The van der Waals surface area contributed by atoms with Crippen molar-refractivity contribution in [3.05, 3.63) is 34.8 Å². The van der Waals surface area contributed by atoms with E-state index in [9.17, 15) is 14.4 Å². The second-order valence-electron chi connectivity index (χ2n) is 5.68. The van der Waals surface area contributed by atoms with Gasteiger partial charge in [0.1, 0.15) is 0 Å². The van der Waals surface area contributed by atoms with Crippen LogP contribution in [0.4, 0.5) is 0 Å². The van der Waals surface area contributed by atoms with Gasteiger partial charge in [0.15, 0.2) is 5.58 Å². The largest absolute Gasteiger partial charge is 0.419 e.